The fourth-order valence-electron chi connectivity index (χ4n) is 7.94. The van der Waals surface area contributed by atoms with Gasteiger partial charge in [-0.05, 0) is 69.3 Å². The normalized spacial score (nSPS) is 12.0. The molecule has 0 spiro atoms. The SMILES string of the molecule is CC(C)(C)c1ccc(-n2c(-c3ccc(-c4ccc(-c5nc6ccccc6n5-c5ccccc5)cc4)cc3)nc3c4ccccc4c4ccccc4c32)cc1. The number of aromatic nitrogens is 4. The van der Waals surface area contributed by atoms with E-state index in [4.69, 9.17) is 9.97 Å². The van der Waals surface area contributed by atoms with E-state index in [9.17, 15) is 0 Å². The van der Waals surface area contributed by atoms with Crippen LogP contribution in [-0.4, -0.2) is 19.1 Å². The second-order valence-corrected chi connectivity index (χ2v) is 15.1. The van der Waals surface area contributed by atoms with Gasteiger partial charge in [0.25, 0.3) is 0 Å². The van der Waals surface area contributed by atoms with Crippen molar-refractivity contribution in [1.82, 2.24) is 19.1 Å². The van der Waals surface area contributed by atoms with Gasteiger partial charge < -0.3 is 0 Å². The van der Waals surface area contributed by atoms with Crippen molar-refractivity contribution in [2.45, 2.75) is 26.2 Å². The molecule has 2 aromatic heterocycles. The summed E-state index contributed by atoms with van der Waals surface area (Å²) in [5, 5.41) is 4.81. The molecule has 0 aliphatic carbocycles. The second-order valence-electron chi connectivity index (χ2n) is 15.1. The maximum absolute atomic E-state index is 5.46. The van der Waals surface area contributed by atoms with Crippen molar-refractivity contribution >= 4 is 43.6 Å². The van der Waals surface area contributed by atoms with Crippen LogP contribution >= 0.6 is 0 Å². The lowest BCUT2D eigenvalue weighted by atomic mass is 9.87. The number of para-hydroxylation sites is 3. The van der Waals surface area contributed by atoms with E-state index in [0.29, 0.717) is 0 Å². The van der Waals surface area contributed by atoms with E-state index in [-0.39, 0.29) is 5.41 Å². The Morgan fingerprint density at radius 2 is 0.870 bits per heavy atom. The molecule has 0 saturated heterocycles. The van der Waals surface area contributed by atoms with Crippen LogP contribution in [0.2, 0.25) is 0 Å². The maximum atomic E-state index is 5.46. The third-order valence-corrected chi connectivity index (χ3v) is 10.7. The lowest BCUT2D eigenvalue weighted by Gasteiger charge is -2.20. The van der Waals surface area contributed by atoms with Gasteiger partial charge in [-0.25, -0.2) is 9.97 Å². The van der Waals surface area contributed by atoms with Crippen LogP contribution in [0.15, 0.2) is 176 Å². The largest absolute Gasteiger partial charge is 0.292 e. The number of nitrogens with zero attached hydrogens (tertiary/aromatic N) is 4. The highest BCUT2D eigenvalue weighted by atomic mass is 15.1. The molecule has 0 saturated carbocycles. The first-order valence-electron chi connectivity index (χ1n) is 18.6. The molecule has 4 heteroatoms. The summed E-state index contributed by atoms with van der Waals surface area (Å²) in [6.45, 7) is 6.78. The molecule has 2 heterocycles. The van der Waals surface area contributed by atoms with E-state index in [2.05, 4.69) is 194 Å². The van der Waals surface area contributed by atoms with Crippen molar-refractivity contribution in [2.75, 3.05) is 0 Å². The molecule has 258 valence electrons. The molecule has 0 radical (unpaired) electrons. The summed E-state index contributed by atoms with van der Waals surface area (Å²) in [5.74, 6) is 1.86. The summed E-state index contributed by atoms with van der Waals surface area (Å²) in [7, 11) is 0. The molecular formula is C50H38N4. The predicted octanol–water partition coefficient (Wildman–Crippen LogP) is 13.0. The molecule has 0 aliphatic heterocycles. The average molecular weight is 695 g/mol. The standard InChI is InChI=1S/C50H38N4/c1-50(2,3)37-29-31-39(32-30-37)54-47-43-18-10-8-16-41(43)40-15-7-9-17-42(40)46(47)52-49(54)36-27-23-34(24-28-36)33-21-25-35(26-22-33)48-51-44-19-11-12-20-45(44)53(48)38-13-5-4-6-14-38/h4-32H,1-3H3. The summed E-state index contributed by atoms with van der Waals surface area (Å²) < 4.78 is 4.60. The Kier molecular flexibility index (Phi) is 7.34. The molecule has 0 atom stereocenters. The fourth-order valence-corrected chi connectivity index (χ4v) is 7.94. The zero-order valence-electron chi connectivity index (χ0n) is 30.5. The molecule has 0 amide bonds. The predicted molar refractivity (Wildman–Crippen MR) is 226 cm³/mol. The summed E-state index contributed by atoms with van der Waals surface area (Å²) in [5.41, 5.74) is 12.2. The monoisotopic (exact) mass is 694 g/mol. The summed E-state index contributed by atoms with van der Waals surface area (Å²) >= 11 is 0. The molecule has 0 fully saturated rings. The van der Waals surface area contributed by atoms with Gasteiger partial charge in [-0.3, -0.25) is 9.13 Å². The quantitative estimate of drug-likeness (QED) is 0.168. The highest BCUT2D eigenvalue weighted by molar-refractivity contribution is 6.24. The molecular weight excluding hydrogens is 657 g/mol. The second kappa shape index (κ2) is 12.4. The minimum atomic E-state index is 0.0616. The van der Waals surface area contributed by atoms with Crippen LogP contribution in [0.5, 0.6) is 0 Å². The van der Waals surface area contributed by atoms with E-state index in [0.717, 1.165) is 72.7 Å². The summed E-state index contributed by atoms with van der Waals surface area (Å²) in [6, 6.07) is 62.8. The Hall–Kier alpha value is -6.78. The fraction of sp³-hybridized carbons (Fsp3) is 0.0800. The van der Waals surface area contributed by atoms with Crippen LogP contribution in [0.25, 0.3) is 88.9 Å². The van der Waals surface area contributed by atoms with Crippen LogP contribution in [0.4, 0.5) is 0 Å². The number of rotatable bonds is 5. The summed E-state index contributed by atoms with van der Waals surface area (Å²) in [4.78, 5) is 10.5. The summed E-state index contributed by atoms with van der Waals surface area (Å²) in [6.07, 6.45) is 0. The van der Waals surface area contributed by atoms with E-state index in [1.165, 1.54) is 21.7 Å². The Bertz CT molecular complexity index is 2980. The molecule has 4 nitrogen and oxygen atoms in total. The highest BCUT2D eigenvalue weighted by Crippen LogP contribution is 2.40. The molecule has 0 N–H and O–H groups in total. The van der Waals surface area contributed by atoms with Gasteiger partial charge in [0.15, 0.2) is 0 Å². The van der Waals surface area contributed by atoms with Gasteiger partial charge in [-0.1, -0.05) is 160 Å². The van der Waals surface area contributed by atoms with E-state index in [1.54, 1.807) is 0 Å². The number of hydrogen-bond acceptors (Lipinski definition) is 2. The number of fused-ring (bicyclic) bond motifs is 7. The van der Waals surface area contributed by atoms with Gasteiger partial charge in [0.05, 0.1) is 22.1 Å². The number of imidazole rings is 2. The van der Waals surface area contributed by atoms with Crippen LogP contribution in [0, 0.1) is 0 Å². The molecule has 10 aromatic rings. The zero-order valence-corrected chi connectivity index (χ0v) is 30.5. The van der Waals surface area contributed by atoms with Gasteiger partial charge in [0, 0.05) is 33.3 Å². The van der Waals surface area contributed by atoms with Gasteiger partial charge in [0.1, 0.15) is 11.6 Å². The smallest absolute Gasteiger partial charge is 0.145 e. The molecule has 10 rings (SSSR count). The first kappa shape index (κ1) is 31.9. The lowest BCUT2D eigenvalue weighted by Crippen LogP contribution is -2.11. The molecule has 0 bridgehead atoms. The average Bonchev–Trinajstić information content (AvgIpc) is 3.82. The maximum Gasteiger partial charge on any atom is 0.145 e. The van der Waals surface area contributed by atoms with Gasteiger partial charge >= 0.3 is 0 Å². The molecule has 0 aliphatic rings. The van der Waals surface area contributed by atoms with Gasteiger partial charge in [-0.2, -0.15) is 0 Å². The van der Waals surface area contributed by atoms with E-state index >= 15 is 0 Å². The van der Waals surface area contributed by atoms with Crippen LogP contribution in [-0.2, 0) is 5.41 Å². The lowest BCUT2D eigenvalue weighted by molar-refractivity contribution is 0.590. The van der Waals surface area contributed by atoms with Crippen molar-refractivity contribution in [3.63, 3.8) is 0 Å². The van der Waals surface area contributed by atoms with E-state index in [1.807, 2.05) is 12.1 Å². The minimum Gasteiger partial charge on any atom is -0.292 e. The van der Waals surface area contributed by atoms with Gasteiger partial charge in [0.2, 0.25) is 0 Å². The Balaban J connectivity index is 1.08. The Labute approximate surface area is 314 Å². The van der Waals surface area contributed by atoms with Crippen LogP contribution in [0.3, 0.4) is 0 Å². The van der Waals surface area contributed by atoms with Crippen molar-refractivity contribution in [1.29, 1.82) is 0 Å². The van der Waals surface area contributed by atoms with Crippen molar-refractivity contribution in [2.24, 2.45) is 0 Å². The minimum absolute atomic E-state index is 0.0616. The zero-order chi connectivity index (χ0) is 36.4. The topological polar surface area (TPSA) is 35.6 Å². The first-order valence-corrected chi connectivity index (χ1v) is 18.6. The van der Waals surface area contributed by atoms with E-state index < -0.39 is 0 Å². The highest BCUT2D eigenvalue weighted by Gasteiger charge is 2.21. The van der Waals surface area contributed by atoms with Crippen molar-refractivity contribution in [3.05, 3.63) is 181 Å². The van der Waals surface area contributed by atoms with Gasteiger partial charge in [-0.15, -0.1) is 0 Å². The number of hydrogen-bond donors (Lipinski definition) is 0. The van der Waals surface area contributed by atoms with Crippen LogP contribution in [0.1, 0.15) is 26.3 Å². The molecule has 0 unspecified atom stereocenters. The Morgan fingerprint density at radius 3 is 1.50 bits per heavy atom. The molecule has 54 heavy (non-hydrogen) atoms. The van der Waals surface area contributed by atoms with Crippen molar-refractivity contribution < 1.29 is 0 Å². The first-order chi connectivity index (χ1) is 26.4. The Morgan fingerprint density at radius 1 is 0.389 bits per heavy atom. The van der Waals surface area contributed by atoms with Crippen molar-refractivity contribution in [3.8, 4) is 45.3 Å². The number of benzene rings is 8. The molecule has 8 aromatic carbocycles. The third-order valence-electron chi connectivity index (χ3n) is 10.7. The van der Waals surface area contributed by atoms with Crippen LogP contribution < -0.4 is 0 Å². The third kappa shape index (κ3) is 5.21.